The van der Waals surface area contributed by atoms with Gasteiger partial charge in [-0.15, -0.1) is 0 Å². The minimum Gasteiger partial charge on any atom is -0.166 e. The maximum absolute atomic E-state index is 12.3. The van der Waals surface area contributed by atoms with Crippen LogP contribution in [0.2, 0.25) is 0 Å². The molecule has 0 atom stereocenters. The van der Waals surface area contributed by atoms with Crippen molar-refractivity contribution < 1.29 is 26.3 Å². The molecule has 17 heavy (non-hydrogen) atoms. The molecule has 0 aliphatic rings. The van der Waals surface area contributed by atoms with Crippen LogP contribution in [0.4, 0.5) is 26.3 Å². The van der Waals surface area contributed by atoms with Crippen LogP contribution in [-0.2, 0) is 18.9 Å². The van der Waals surface area contributed by atoms with E-state index in [2.05, 4.69) is 4.85 Å². The highest BCUT2D eigenvalue weighted by Crippen LogP contribution is 2.36. The van der Waals surface area contributed by atoms with E-state index in [0.29, 0.717) is 12.1 Å². The Morgan fingerprint density at radius 3 is 1.59 bits per heavy atom. The van der Waals surface area contributed by atoms with Crippen LogP contribution in [0.5, 0.6) is 0 Å². The fraction of sp³-hybridized carbons (Fsp3) is 0.300. The van der Waals surface area contributed by atoms with Gasteiger partial charge < -0.3 is 0 Å². The van der Waals surface area contributed by atoms with Crippen LogP contribution in [0.3, 0.4) is 0 Å². The second-order valence-corrected chi connectivity index (χ2v) is 3.25. The lowest BCUT2D eigenvalue weighted by Gasteiger charge is -2.12. The Labute approximate surface area is 92.5 Å². The molecular formula is C10H6F6N+. The van der Waals surface area contributed by atoms with Gasteiger partial charge in [-0.05, 0) is 18.2 Å². The van der Waals surface area contributed by atoms with Gasteiger partial charge in [0.05, 0.1) is 11.1 Å². The molecule has 0 aromatic heterocycles. The SMILES string of the molecule is C#[N+]Cc1cc(C(F)(F)F)cc(C(F)(F)F)c1. The molecule has 0 fully saturated rings. The van der Waals surface area contributed by atoms with Gasteiger partial charge in [-0.1, -0.05) is 4.85 Å². The fourth-order valence-corrected chi connectivity index (χ4v) is 1.22. The monoisotopic (exact) mass is 254 g/mol. The third-order valence-corrected chi connectivity index (χ3v) is 1.92. The van der Waals surface area contributed by atoms with Crippen molar-refractivity contribution in [1.29, 1.82) is 0 Å². The Hall–Kier alpha value is -1.71. The van der Waals surface area contributed by atoms with Crippen LogP contribution < -0.4 is 0 Å². The maximum atomic E-state index is 12.3. The lowest BCUT2D eigenvalue weighted by Crippen LogP contribution is -2.11. The van der Waals surface area contributed by atoms with E-state index >= 15 is 0 Å². The number of hydrogen-bond acceptors (Lipinski definition) is 0. The first-order valence-corrected chi connectivity index (χ1v) is 4.29. The number of benzene rings is 1. The highest BCUT2D eigenvalue weighted by Gasteiger charge is 2.37. The fourth-order valence-electron chi connectivity index (χ4n) is 1.22. The zero-order chi connectivity index (χ0) is 13.3. The Balaban J connectivity index is 3.35. The molecule has 1 nitrogen and oxygen atoms in total. The van der Waals surface area contributed by atoms with Gasteiger partial charge in [-0.25, -0.2) is 0 Å². The summed E-state index contributed by atoms with van der Waals surface area (Å²) in [5.74, 6) is 0. The highest BCUT2D eigenvalue weighted by molar-refractivity contribution is 5.34. The minimum atomic E-state index is -4.84. The van der Waals surface area contributed by atoms with Crippen LogP contribution in [0, 0.1) is 6.57 Å². The summed E-state index contributed by atoms with van der Waals surface area (Å²) in [6.45, 7) is 4.33. The van der Waals surface area contributed by atoms with Gasteiger partial charge in [0, 0.05) is 5.56 Å². The van der Waals surface area contributed by atoms with Gasteiger partial charge in [-0.2, -0.15) is 26.3 Å². The Morgan fingerprint density at radius 2 is 1.29 bits per heavy atom. The van der Waals surface area contributed by atoms with Crippen molar-refractivity contribution in [2.24, 2.45) is 0 Å². The molecule has 0 spiro atoms. The van der Waals surface area contributed by atoms with Crippen molar-refractivity contribution in [3.05, 3.63) is 39.7 Å². The molecule has 0 bridgehead atoms. The molecule has 0 heterocycles. The second-order valence-electron chi connectivity index (χ2n) is 3.25. The Bertz CT molecular complexity index is 419. The number of alkyl halides is 6. The smallest absolute Gasteiger partial charge is 0.166 e. The molecule has 0 N–H and O–H groups in total. The van der Waals surface area contributed by atoms with Crippen molar-refractivity contribution >= 4 is 0 Å². The Morgan fingerprint density at radius 1 is 0.882 bits per heavy atom. The second kappa shape index (κ2) is 4.28. The lowest BCUT2D eigenvalue weighted by atomic mass is 10.0. The largest absolute Gasteiger partial charge is 0.416 e. The summed E-state index contributed by atoms with van der Waals surface area (Å²) in [5.41, 5.74) is -2.98. The molecule has 7 heteroatoms. The predicted octanol–water partition coefficient (Wildman–Crippen LogP) is 4.19. The van der Waals surface area contributed by atoms with Crippen LogP contribution in [0.1, 0.15) is 16.7 Å². The standard InChI is InChI=1S/C10H6F6N/c1-17-5-6-2-7(9(11,12)13)4-8(3-6)10(14,15)16/h1-4H,5H2/q+1. The van der Waals surface area contributed by atoms with E-state index in [1.807, 2.05) is 0 Å². The highest BCUT2D eigenvalue weighted by atomic mass is 19.4. The van der Waals surface area contributed by atoms with Gasteiger partial charge in [0.2, 0.25) is 0 Å². The molecule has 92 valence electrons. The summed E-state index contributed by atoms with van der Waals surface area (Å²) in [7, 11) is 0. The third kappa shape index (κ3) is 3.37. The van der Waals surface area contributed by atoms with Gasteiger partial charge >= 0.3 is 12.4 Å². The summed E-state index contributed by atoms with van der Waals surface area (Å²) < 4.78 is 74.1. The number of halogens is 6. The molecule has 0 saturated heterocycles. The summed E-state index contributed by atoms with van der Waals surface area (Å²) in [6, 6.07) is 1.23. The third-order valence-electron chi connectivity index (χ3n) is 1.92. The molecule has 0 amide bonds. The first-order valence-electron chi connectivity index (χ1n) is 4.29. The quantitative estimate of drug-likeness (QED) is 0.662. The first kappa shape index (κ1) is 13.4. The van der Waals surface area contributed by atoms with Crippen LogP contribution in [0.15, 0.2) is 18.2 Å². The summed E-state index contributed by atoms with van der Waals surface area (Å²) >= 11 is 0. The van der Waals surface area contributed by atoms with Crippen molar-refractivity contribution in [3.8, 4) is 6.57 Å². The molecule has 0 unspecified atom stereocenters. The zero-order valence-electron chi connectivity index (χ0n) is 8.23. The number of hydrogen-bond donors (Lipinski definition) is 0. The first-order chi connectivity index (χ1) is 7.64. The summed E-state index contributed by atoms with van der Waals surface area (Å²) in [5, 5.41) is 0. The van der Waals surface area contributed by atoms with Gasteiger partial charge in [0.1, 0.15) is 0 Å². The van der Waals surface area contributed by atoms with Crippen molar-refractivity contribution in [2.45, 2.75) is 18.9 Å². The van der Waals surface area contributed by atoms with Crippen LogP contribution in [0.25, 0.3) is 4.85 Å². The van der Waals surface area contributed by atoms with Gasteiger partial charge in [0.15, 0.2) is 0 Å². The number of rotatable bonds is 1. The minimum absolute atomic E-state index is 0.0556. The molecule has 1 aromatic rings. The summed E-state index contributed by atoms with van der Waals surface area (Å²) in [4.78, 5) is 3.02. The average Bonchev–Trinajstić information content (AvgIpc) is 2.15. The molecular weight excluding hydrogens is 248 g/mol. The van der Waals surface area contributed by atoms with E-state index in [-0.39, 0.29) is 11.6 Å². The van der Waals surface area contributed by atoms with E-state index in [1.165, 1.54) is 0 Å². The summed E-state index contributed by atoms with van der Waals surface area (Å²) in [6.07, 6.45) is -9.69. The molecule has 1 aromatic carbocycles. The van der Waals surface area contributed by atoms with Gasteiger partial charge in [-0.3, -0.25) is 0 Å². The van der Waals surface area contributed by atoms with E-state index in [4.69, 9.17) is 6.57 Å². The van der Waals surface area contributed by atoms with E-state index < -0.39 is 30.0 Å². The molecule has 0 aliphatic carbocycles. The topological polar surface area (TPSA) is 4.36 Å². The van der Waals surface area contributed by atoms with Crippen molar-refractivity contribution in [2.75, 3.05) is 0 Å². The van der Waals surface area contributed by atoms with Crippen LogP contribution >= 0.6 is 0 Å². The zero-order valence-corrected chi connectivity index (χ0v) is 8.23. The van der Waals surface area contributed by atoms with Crippen molar-refractivity contribution in [1.82, 2.24) is 0 Å². The van der Waals surface area contributed by atoms with Crippen LogP contribution in [-0.4, -0.2) is 0 Å². The molecule has 1 rings (SSSR count). The Kier molecular flexibility index (Phi) is 3.36. The van der Waals surface area contributed by atoms with E-state index in [0.717, 1.165) is 0 Å². The molecule has 0 radical (unpaired) electrons. The lowest BCUT2D eigenvalue weighted by molar-refractivity contribution is -0.143. The van der Waals surface area contributed by atoms with Gasteiger partial charge in [0.25, 0.3) is 13.1 Å². The molecule has 0 saturated carbocycles. The van der Waals surface area contributed by atoms with E-state index in [9.17, 15) is 26.3 Å². The average molecular weight is 254 g/mol. The van der Waals surface area contributed by atoms with E-state index in [1.54, 1.807) is 0 Å². The predicted molar refractivity (Wildman–Crippen MR) is 48.5 cm³/mol. The molecule has 0 aliphatic heterocycles. The normalized spacial score (nSPS) is 12.3. The van der Waals surface area contributed by atoms with Crippen molar-refractivity contribution in [3.63, 3.8) is 0 Å². The maximum Gasteiger partial charge on any atom is 0.416 e. The number of nitrogens with zero attached hydrogens (tertiary/aromatic N) is 1.